The van der Waals surface area contributed by atoms with Gasteiger partial charge in [0.2, 0.25) is 11.8 Å². The van der Waals surface area contributed by atoms with E-state index in [-0.39, 0.29) is 30.0 Å². The van der Waals surface area contributed by atoms with Gasteiger partial charge in [0.05, 0.1) is 19.9 Å². The highest BCUT2D eigenvalue weighted by atomic mass is 32.1. The molecule has 0 spiro atoms. The summed E-state index contributed by atoms with van der Waals surface area (Å²) < 4.78 is 12.1. The van der Waals surface area contributed by atoms with Gasteiger partial charge in [0.1, 0.15) is 29.1 Å². The van der Waals surface area contributed by atoms with Gasteiger partial charge in [0.15, 0.2) is 10.8 Å². The van der Waals surface area contributed by atoms with E-state index in [1.54, 1.807) is 25.3 Å². The standard InChI is InChI=1S/C24H30N6O5S/c1-14(2)26-22(32)15-7-9-29(10-8-15)24-28-21-20(36-24)23(33)30(13-25-21)12-19(31)27-17-6-5-16(34-3)11-18(17)35-4/h5-6,11,13-15H,7-10,12H2,1-4H3,(H,26,32)(H,27,31). The molecule has 192 valence electrons. The highest BCUT2D eigenvalue weighted by Gasteiger charge is 2.27. The largest absolute Gasteiger partial charge is 0.497 e. The molecule has 0 atom stereocenters. The van der Waals surface area contributed by atoms with Crippen molar-refractivity contribution in [1.82, 2.24) is 19.9 Å². The van der Waals surface area contributed by atoms with Gasteiger partial charge in [-0.2, -0.15) is 4.98 Å². The number of anilines is 2. The van der Waals surface area contributed by atoms with Crippen LogP contribution in [0.15, 0.2) is 29.3 Å². The van der Waals surface area contributed by atoms with Crippen molar-refractivity contribution >= 4 is 44.3 Å². The summed E-state index contributed by atoms with van der Waals surface area (Å²) in [5.74, 6) is 0.717. The Morgan fingerprint density at radius 3 is 2.61 bits per heavy atom. The average Bonchev–Trinajstić information content (AvgIpc) is 3.31. The zero-order valence-corrected chi connectivity index (χ0v) is 21.6. The molecular formula is C24H30N6O5S. The van der Waals surface area contributed by atoms with E-state index in [4.69, 9.17) is 9.47 Å². The Labute approximate surface area is 212 Å². The van der Waals surface area contributed by atoms with Crippen molar-refractivity contribution in [2.45, 2.75) is 39.3 Å². The first-order valence-electron chi connectivity index (χ1n) is 11.7. The van der Waals surface area contributed by atoms with E-state index >= 15 is 0 Å². The molecule has 0 unspecified atom stereocenters. The molecule has 0 saturated carbocycles. The summed E-state index contributed by atoms with van der Waals surface area (Å²) in [6.45, 7) is 5.05. The van der Waals surface area contributed by atoms with Crippen molar-refractivity contribution < 1.29 is 19.1 Å². The van der Waals surface area contributed by atoms with Gasteiger partial charge in [-0.25, -0.2) is 4.98 Å². The van der Waals surface area contributed by atoms with Gasteiger partial charge in [-0.1, -0.05) is 11.3 Å². The topological polar surface area (TPSA) is 128 Å². The highest BCUT2D eigenvalue weighted by molar-refractivity contribution is 7.22. The molecule has 0 aliphatic carbocycles. The number of carbonyl (C=O) groups is 2. The van der Waals surface area contributed by atoms with Crippen LogP contribution in [0.5, 0.6) is 11.5 Å². The van der Waals surface area contributed by atoms with Crippen LogP contribution in [0.3, 0.4) is 0 Å². The Balaban J connectivity index is 1.44. The number of aromatic nitrogens is 3. The summed E-state index contributed by atoms with van der Waals surface area (Å²) in [6, 6.07) is 5.16. The molecule has 12 heteroatoms. The first kappa shape index (κ1) is 25.4. The maximum atomic E-state index is 13.1. The van der Waals surface area contributed by atoms with Crippen LogP contribution in [0.4, 0.5) is 10.8 Å². The number of carbonyl (C=O) groups excluding carboxylic acids is 2. The van der Waals surface area contributed by atoms with Crippen molar-refractivity contribution in [3.8, 4) is 11.5 Å². The molecule has 3 heterocycles. The van der Waals surface area contributed by atoms with Crippen LogP contribution < -0.4 is 30.6 Å². The molecule has 1 fully saturated rings. The van der Waals surface area contributed by atoms with Gasteiger partial charge in [-0.05, 0) is 38.8 Å². The van der Waals surface area contributed by atoms with Gasteiger partial charge in [0.25, 0.3) is 5.56 Å². The zero-order chi connectivity index (χ0) is 25.8. The maximum absolute atomic E-state index is 13.1. The summed E-state index contributed by atoms with van der Waals surface area (Å²) in [6.07, 6.45) is 2.78. The first-order valence-corrected chi connectivity index (χ1v) is 12.5. The van der Waals surface area contributed by atoms with Gasteiger partial charge in [-0.3, -0.25) is 19.0 Å². The van der Waals surface area contributed by atoms with E-state index in [1.807, 2.05) is 13.8 Å². The Hall–Kier alpha value is -3.67. The van der Waals surface area contributed by atoms with Crippen LogP contribution in [0.1, 0.15) is 26.7 Å². The molecule has 4 rings (SSSR count). The van der Waals surface area contributed by atoms with Crippen LogP contribution >= 0.6 is 11.3 Å². The van der Waals surface area contributed by atoms with Crippen LogP contribution in [0.25, 0.3) is 10.3 Å². The van der Waals surface area contributed by atoms with Crippen LogP contribution in [0.2, 0.25) is 0 Å². The second kappa shape index (κ2) is 10.9. The Morgan fingerprint density at radius 2 is 1.94 bits per heavy atom. The molecule has 2 aromatic heterocycles. The van der Waals surface area contributed by atoms with Gasteiger partial charge >= 0.3 is 0 Å². The van der Waals surface area contributed by atoms with E-state index in [0.717, 1.165) is 12.8 Å². The number of nitrogens with zero attached hydrogens (tertiary/aromatic N) is 4. The summed E-state index contributed by atoms with van der Waals surface area (Å²) in [5.41, 5.74) is 0.496. The fraction of sp³-hybridized carbons (Fsp3) is 0.458. The molecule has 36 heavy (non-hydrogen) atoms. The molecule has 2 N–H and O–H groups in total. The molecule has 3 aromatic rings. The van der Waals surface area contributed by atoms with Crippen molar-refractivity contribution in [3.05, 3.63) is 34.9 Å². The number of methoxy groups -OCH3 is 2. The van der Waals surface area contributed by atoms with Crippen molar-refractivity contribution in [1.29, 1.82) is 0 Å². The van der Waals surface area contributed by atoms with E-state index in [0.29, 0.717) is 45.8 Å². The predicted molar refractivity (Wildman–Crippen MR) is 138 cm³/mol. The second-order valence-corrected chi connectivity index (χ2v) is 9.84. The average molecular weight is 515 g/mol. The first-order chi connectivity index (χ1) is 17.3. The number of fused-ring (bicyclic) bond motifs is 1. The molecule has 1 aliphatic heterocycles. The van der Waals surface area contributed by atoms with Crippen LogP contribution in [-0.2, 0) is 16.1 Å². The van der Waals surface area contributed by atoms with Crippen molar-refractivity contribution in [2.24, 2.45) is 5.92 Å². The minimum Gasteiger partial charge on any atom is -0.497 e. The van der Waals surface area contributed by atoms with E-state index in [2.05, 4.69) is 25.5 Å². The molecular weight excluding hydrogens is 484 g/mol. The number of amides is 2. The third kappa shape index (κ3) is 5.59. The molecule has 0 radical (unpaired) electrons. The Bertz CT molecular complexity index is 1310. The lowest BCUT2D eigenvalue weighted by Gasteiger charge is -2.31. The summed E-state index contributed by atoms with van der Waals surface area (Å²) in [4.78, 5) is 48.9. The number of nitrogens with one attached hydrogen (secondary N) is 2. The number of piperidine rings is 1. The van der Waals surface area contributed by atoms with Gasteiger partial charge in [-0.15, -0.1) is 0 Å². The SMILES string of the molecule is COc1ccc(NC(=O)Cn2cnc3nc(N4CCC(C(=O)NC(C)C)CC4)sc3c2=O)c(OC)c1. The summed E-state index contributed by atoms with van der Waals surface area (Å²) in [5, 5.41) is 6.43. The summed E-state index contributed by atoms with van der Waals surface area (Å²) in [7, 11) is 3.04. The molecule has 1 saturated heterocycles. The molecule has 1 aliphatic rings. The number of hydrogen-bond donors (Lipinski definition) is 2. The maximum Gasteiger partial charge on any atom is 0.273 e. The molecule has 0 bridgehead atoms. The zero-order valence-electron chi connectivity index (χ0n) is 20.7. The lowest BCUT2D eigenvalue weighted by molar-refractivity contribution is -0.126. The summed E-state index contributed by atoms with van der Waals surface area (Å²) >= 11 is 1.26. The number of benzene rings is 1. The minimum atomic E-state index is -0.395. The van der Waals surface area contributed by atoms with Gasteiger partial charge in [0, 0.05) is 31.1 Å². The fourth-order valence-corrected chi connectivity index (χ4v) is 5.09. The normalized spacial score (nSPS) is 14.2. The third-order valence-corrected chi connectivity index (χ3v) is 7.03. The number of ether oxygens (including phenoxy) is 2. The Kier molecular flexibility index (Phi) is 7.73. The number of hydrogen-bond acceptors (Lipinski definition) is 9. The smallest absolute Gasteiger partial charge is 0.273 e. The molecule has 1 aromatic carbocycles. The fourth-order valence-electron chi connectivity index (χ4n) is 4.06. The van der Waals surface area contributed by atoms with Crippen molar-refractivity contribution in [2.75, 3.05) is 37.5 Å². The molecule has 11 nitrogen and oxygen atoms in total. The number of thiazole rings is 1. The van der Waals surface area contributed by atoms with Crippen LogP contribution in [-0.4, -0.2) is 59.7 Å². The van der Waals surface area contributed by atoms with Gasteiger partial charge < -0.3 is 25.0 Å². The van der Waals surface area contributed by atoms with Crippen molar-refractivity contribution in [3.63, 3.8) is 0 Å². The predicted octanol–water partition coefficient (Wildman–Crippen LogP) is 2.25. The van der Waals surface area contributed by atoms with E-state index in [1.165, 1.54) is 29.3 Å². The quantitative estimate of drug-likeness (QED) is 0.469. The molecule has 2 amide bonds. The lowest BCUT2D eigenvalue weighted by Crippen LogP contribution is -2.42. The lowest BCUT2D eigenvalue weighted by atomic mass is 9.96. The van der Waals surface area contributed by atoms with E-state index < -0.39 is 5.91 Å². The Morgan fingerprint density at radius 1 is 1.19 bits per heavy atom. The number of rotatable bonds is 8. The third-order valence-electron chi connectivity index (χ3n) is 5.94. The van der Waals surface area contributed by atoms with E-state index in [9.17, 15) is 14.4 Å². The second-order valence-electron chi connectivity index (χ2n) is 8.87. The van der Waals surface area contributed by atoms with Crippen LogP contribution in [0, 0.1) is 5.92 Å². The monoisotopic (exact) mass is 514 g/mol. The highest BCUT2D eigenvalue weighted by Crippen LogP contribution is 2.30. The minimum absolute atomic E-state index is 0.0174.